The second-order valence-electron chi connectivity index (χ2n) is 6.78. The Morgan fingerprint density at radius 3 is 2.72 bits per heavy atom. The van der Waals surface area contributed by atoms with E-state index in [1.807, 2.05) is 39.8 Å². The summed E-state index contributed by atoms with van der Waals surface area (Å²) < 4.78 is 15.9. The predicted molar refractivity (Wildman–Crippen MR) is 93.7 cm³/mol. The molecule has 0 aliphatic carbocycles. The van der Waals surface area contributed by atoms with Crippen LogP contribution >= 0.6 is 11.6 Å². The fourth-order valence-electron chi connectivity index (χ4n) is 2.01. The third-order valence-corrected chi connectivity index (χ3v) is 3.65. The molecule has 0 amide bonds. The van der Waals surface area contributed by atoms with Gasteiger partial charge < -0.3 is 14.0 Å². The number of aryl methyl sites for hydroxylation is 1. The van der Waals surface area contributed by atoms with Crippen molar-refractivity contribution in [2.45, 2.75) is 52.6 Å². The molecule has 0 radical (unpaired) electrons. The van der Waals surface area contributed by atoms with Crippen molar-refractivity contribution in [2.75, 3.05) is 6.61 Å². The molecule has 1 aromatic carbocycles. The van der Waals surface area contributed by atoms with E-state index in [-0.39, 0.29) is 24.4 Å². The molecule has 6 nitrogen and oxygen atoms in total. The lowest BCUT2D eigenvalue weighted by molar-refractivity contribution is -0.146. The molecule has 0 fully saturated rings. The number of rotatable bonds is 7. The second kappa shape index (κ2) is 8.34. The SMILES string of the molecule is Cc1cc(Cl)ccc1OCCCC(=O)OCc1nc(C(C)(C)C)no1. The maximum atomic E-state index is 11.8. The molecule has 0 spiro atoms. The van der Waals surface area contributed by atoms with Gasteiger partial charge in [-0.25, -0.2) is 0 Å². The van der Waals surface area contributed by atoms with Gasteiger partial charge in [0.2, 0.25) is 0 Å². The summed E-state index contributed by atoms with van der Waals surface area (Å²) in [6, 6.07) is 5.42. The van der Waals surface area contributed by atoms with Crippen molar-refractivity contribution in [1.82, 2.24) is 10.1 Å². The summed E-state index contributed by atoms with van der Waals surface area (Å²) in [7, 11) is 0. The molecular weight excluding hydrogens is 344 g/mol. The predicted octanol–water partition coefficient (Wildman–Crippen LogP) is 4.23. The zero-order valence-corrected chi connectivity index (χ0v) is 15.7. The van der Waals surface area contributed by atoms with Crippen molar-refractivity contribution >= 4 is 17.6 Å². The highest BCUT2D eigenvalue weighted by Gasteiger charge is 2.21. The summed E-state index contributed by atoms with van der Waals surface area (Å²) in [4.78, 5) is 16.0. The molecule has 136 valence electrons. The second-order valence-corrected chi connectivity index (χ2v) is 7.22. The lowest BCUT2D eigenvalue weighted by Gasteiger charge is -2.10. The Bertz CT molecular complexity index is 722. The lowest BCUT2D eigenvalue weighted by Crippen LogP contribution is -2.13. The number of benzene rings is 1. The monoisotopic (exact) mass is 366 g/mol. The highest BCUT2D eigenvalue weighted by molar-refractivity contribution is 6.30. The van der Waals surface area contributed by atoms with E-state index in [4.69, 9.17) is 25.6 Å². The van der Waals surface area contributed by atoms with Crippen LogP contribution in [0, 0.1) is 6.92 Å². The number of hydrogen-bond acceptors (Lipinski definition) is 6. The normalized spacial score (nSPS) is 11.4. The molecule has 7 heteroatoms. The highest BCUT2D eigenvalue weighted by atomic mass is 35.5. The maximum absolute atomic E-state index is 11.8. The number of aromatic nitrogens is 2. The largest absolute Gasteiger partial charge is 0.493 e. The van der Waals surface area contributed by atoms with E-state index in [0.29, 0.717) is 29.8 Å². The van der Waals surface area contributed by atoms with Crippen LogP contribution in [0.15, 0.2) is 22.7 Å². The van der Waals surface area contributed by atoms with E-state index in [1.165, 1.54) is 0 Å². The van der Waals surface area contributed by atoms with E-state index in [9.17, 15) is 4.79 Å². The lowest BCUT2D eigenvalue weighted by atomic mass is 9.96. The van der Waals surface area contributed by atoms with Gasteiger partial charge in [0, 0.05) is 16.9 Å². The van der Waals surface area contributed by atoms with E-state index in [0.717, 1.165) is 11.3 Å². The van der Waals surface area contributed by atoms with Gasteiger partial charge in [0.15, 0.2) is 12.4 Å². The molecule has 0 unspecified atom stereocenters. The number of halogens is 1. The van der Waals surface area contributed by atoms with Gasteiger partial charge in [0.05, 0.1) is 6.61 Å². The smallest absolute Gasteiger partial charge is 0.306 e. The van der Waals surface area contributed by atoms with Crippen LogP contribution in [0.5, 0.6) is 5.75 Å². The third kappa shape index (κ3) is 6.05. The van der Waals surface area contributed by atoms with Crippen molar-refractivity contribution in [3.8, 4) is 5.75 Å². The average Bonchev–Trinajstić information content (AvgIpc) is 3.00. The van der Waals surface area contributed by atoms with Gasteiger partial charge in [0.25, 0.3) is 5.89 Å². The number of carbonyl (C=O) groups is 1. The van der Waals surface area contributed by atoms with Crippen molar-refractivity contribution in [1.29, 1.82) is 0 Å². The number of esters is 1. The van der Waals surface area contributed by atoms with Crippen molar-refractivity contribution in [3.63, 3.8) is 0 Å². The molecule has 0 atom stereocenters. The van der Waals surface area contributed by atoms with Crippen LogP contribution < -0.4 is 4.74 Å². The van der Waals surface area contributed by atoms with Gasteiger partial charge in [-0.3, -0.25) is 4.79 Å². The van der Waals surface area contributed by atoms with Gasteiger partial charge in [-0.1, -0.05) is 37.5 Å². The van der Waals surface area contributed by atoms with E-state index in [1.54, 1.807) is 6.07 Å². The summed E-state index contributed by atoms with van der Waals surface area (Å²) in [5.74, 6) is 1.32. The van der Waals surface area contributed by atoms with Crippen molar-refractivity contribution in [2.24, 2.45) is 0 Å². The Hall–Kier alpha value is -2.08. The molecule has 0 aliphatic rings. The van der Waals surface area contributed by atoms with Crippen LogP contribution in [-0.2, 0) is 21.6 Å². The van der Waals surface area contributed by atoms with Crippen molar-refractivity contribution in [3.05, 3.63) is 40.5 Å². The van der Waals surface area contributed by atoms with Gasteiger partial charge in [-0.2, -0.15) is 4.98 Å². The van der Waals surface area contributed by atoms with Crippen LogP contribution in [-0.4, -0.2) is 22.7 Å². The summed E-state index contributed by atoms with van der Waals surface area (Å²) in [5.41, 5.74) is 0.754. The molecular formula is C18H23ClN2O4. The first-order chi connectivity index (χ1) is 11.8. The molecule has 25 heavy (non-hydrogen) atoms. The number of hydrogen-bond donors (Lipinski definition) is 0. The average molecular weight is 367 g/mol. The summed E-state index contributed by atoms with van der Waals surface area (Å²) >= 11 is 5.90. The van der Waals surface area contributed by atoms with Crippen LogP contribution in [0.1, 0.15) is 50.9 Å². The molecule has 0 saturated heterocycles. The summed E-state index contributed by atoms with van der Waals surface area (Å²) in [6.45, 7) is 8.28. The number of nitrogens with zero attached hydrogens (tertiary/aromatic N) is 2. The zero-order valence-electron chi connectivity index (χ0n) is 15.0. The Kier molecular flexibility index (Phi) is 6.42. The minimum absolute atomic E-state index is 0.0148. The fourth-order valence-corrected chi connectivity index (χ4v) is 2.23. The Morgan fingerprint density at radius 1 is 1.32 bits per heavy atom. The van der Waals surface area contributed by atoms with Crippen LogP contribution in [0.3, 0.4) is 0 Å². The minimum Gasteiger partial charge on any atom is -0.493 e. The fraction of sp³-hybridized carbons (Fsp3) is 0.500. The van der Waals surface area contributed by atoms with Gasteiger partial charge in [-0.15, -0.1) is 0 Å². The molecule has 2 rings (SSSR count). The van der Waals surface area contributed by atoms with E-state index >= 15 is 0 Å². The van der Waals surface area contributed by atoms with Gasteiger partial charge >= 0.3 is 5.97 Å². The first-order valence-electron chi connectivity index (χ1n) is 8.13. The highest BCUT2D eigenvalue weighted by Crippen LogP contribution is 2.22. The Labute approximate surface area is 152 Å². The van der Waals surface area contributed by atoms with Gasteiger partial charge in [0.1, 0.15) is 5.75 Å². The first-order valence-corrected chi connectivity index (χ1v) is 8.51. The number of carbonyl (C=O) groups excluding carboxylic acids is 1. The van der Waals surface area contributed by atoms with Crippen molar-refractivity contribution < 1.29 is 18.8 Å². The van der Waals surface area contributed by atoms with Crippen LogP contribution in [0.25, 0.3) is 0 Å². The third-order valence-electron chi connectivity index (χ3n) is 3.42. The van der Waals surface area contributed by atoms with Gasteiger partial charge in [-0.05, 0) is 37.1 Å². The molecule has 1 aromatic heterocycles. The Balaban J connectivity index is 1.68. The topological polar surface area (TPSA) is 74.5 Å². The molecule has 2 aromatic rings. The van der Waals surface area contributed by atoms with E-state index in [2.05, 4.69) is 10.1 Å². The minimum atomic E-state index is -0.327. The first kappa shape index (κ1) is 19.2. The standard InChI is InChI=1S/C18H23ClN2O4/c1-12-10-13(19)7-8-14(12)23-9-5-6-16(22)24-11-15-20-17(21-25-15)18(2,3)4/h7-8,10H,5-6,9,11H2,1-4H3. The molecule has 0 bridgehead atoms. The quantitative estimate of drug-likeness (QED) is 0.539. The zero-order chi connectivity index (χ0) is 18.4. The molecule has 0 aliphatic heterocycles. The molecule has 0 saturated carbocycles. The summed E-state index contributed by atoms with van der Waals surface area (Å²) in [6.07, 6.45) is 0.810. The summed E-state index contributed by atoms with van der Waals surface area (Å²) in [5, 5.41) is 4.55. The maximum Gasteiger partial charge on any atom is 0.306 e. The molecule has 1 heterocycles. The Morgan fingerprint density at radius 2 is 2.08 bits per heavy atom. The molecule has 0 N–H and O–H groups in total. The number of ether oxygens (including phenoxy) is 2. The van der Waals surface area contributed by atoms with Crippen LogP contribution in [0.2, 0.25) is 5.02 Å². The van der Waals surface area contributed by atoms with E-state index < -0.39 is 0 Å². The van der Waals surface area contributed by atoms with Crippen LogP contribution in [0.4, 0.5) is 0 Å².